The molecular weight excluding hydrogens is 440 g/mol. The van der Waals surface area contributed by atoms with Gasteiger partial charge < -0.3 is 9.30 Å². The molecule has 0 fully saturated rings. The van der Waals surface area contributed by atoms with Crippen molar-refractivity contribution in [2.75, 3.05) is 24.3 Å². The predicted octanol–water partition coefficient (Wildman–Crippen LogP) is 5.28. The number of carbonyl (C=O) groups excluding carboxylic acids is 1. The number of aromatic nitrogens is 3. The highest BCUT2D eigenvalue weighted by molar-refractivity contribution is 7.99. The van der Waals surface area contributed by atoms with Gasteiger partial charge in [-0.05, 0) is 48.1 Å². The van der Waals surface area contributed by atoms with Crippen molar-refractivity contribution in [2.45, 2.75) is 31.2 Å². The highest BCUT2D eigenvalue weighted by Gasteiger charge is 2.20. The van der Waals surface area contributed by atoms with Crippen molar-refractivity contribution >= 4 is 44.4 Å². The number of nitrogens with zero attached hydrogens (tertiary/aromatic N) is 4. The fraction of sp³-hybridized carbons (Fsp3) is 0.292. The first-order chi connectivity index (χ1) is 15.7. The second-order valence-corrected chi connectivity index (χ2v) is 9.63. The molecule has 4 rings (SSSR count). The summed E-state index contributed by atoms with van der Waals surface area (Å²) in [6, 6.07) is 14.1. The molecule has 0 radical (unpaired) electrons. The van der Waals surface area contributed by atoms with Gasteiger partial charge in [0.25, 0.3) is 0 Å². The highest BCUT2D eigenvalue weighted by Crippen LogP contribution is 2.32. The van der Waals surface area contributed by atoms with E-state index in [2.05, 4.69) is 24.0 Å². The van der Waals surface area contributed by atoms with Gasteiger partial charge in [0, 0.05) is 30.4 Å². The van der Waals surface area contributed by atoms with Crippen LogP contribution in [0, 0.1) is 0 Å². The quantitative estimate of drug-likeness (QED) is 0.298. The molecule has 0 bridgehead atoms. The Morgan fingerprint density at radius 1 is 1.22 bits per heavy atom. The standard InChI is InChI=1S/C24H26N4O2S2/c1-3-31-20-8-5-18(6-9-20)15-23(29)28(13-4-12-27-14-11-25-17-27)24-26-21-10-7-19(30-2)16-22(21)32-24/h5-11,14,16-17H,3-4,12-13,15H2,1-2H3. The van der Waals surface area contributed by atoms with Gasteiger partial charge in [0.15, 0.2) is 5.13 Å². The van der Waals surface area contributed by atoms with Gasteiger partial charge in [-0.15, -0.1) is 11.8 Å². The average Bonchev–Trinajstić information content (AvgIpc) is 3.47. The van der Waals surface area contributed by atoms with Crippen molar-refractivity contribution in [1.29, 1.82) is 0 Å². The molecule has 2 heterocycles. The lowest BCUT2D eigenvalue weighted by Crippen LogP contribution is -2.33. The fourth-order valence-electron chi connectivity index (χ4n) is 3.43. The summed E-state index contributed by atoms with van der Waals surface area (Å²) in [6.45, 7) is 3.53. The van der Waals surface area contributed by atoms with Gasteiger partial charge in [0.2, 0.25) is 5.91 Å². The Kier molecular flexibility index (Phi) is 7.44. The number of ether oxygens (including phenoxy) is 1. The SMILES string of the molecule is CCSc1ccc(CC(=O)N(CCCn2ccnc2)c2nc3ccc(OC)cc3s2)cc1. The van der Waals surface area contributed by atoms with E-state index >= 15 is 0 Å². The summed E-state index contributed by atoms with van der Waals surface area (Å²) in [5.74, 6) is 1.87. The zero-order chi connectivity index (χ0) is 22.3. The summed E-state index contributed by atoms with van der Waals surface area (Å²) >= 11 is 3.32. The molecule has 1 amide bonds. The van der Waals surface area contributed by atoms with Crippen LogP contribution in [-0.2, 0) is 17.8 Å². The number of anilines is 1. The van der Waals surface area contributed by atoms with Crippen molar-refractivity contribution in [2.24, 2.45) is 0 Å². The zero-order valence-electron chi connectivity index (χ0n) is 18.2. The fourth-order valence-corrected chi connectivity index (χ4v) is 5.13. The molecule has 8 heteroatoms. The van der Waals surface area contributed by atoms with Gasteiger partial charge in [-0.3, -0.25) is 9.69 Å². The van der Waals surface area contributed by atoms with E-state index in [0.29, 0.717) is 13.0 Å². The Hall–Kier alpha value is -2.84. The number of aryl methyl sites for hydroxylation is 1. The monoisotopic (exact) mass is 466 g/mol. The second-order valence-electron chi connectivity index (χ2n) is 7.28. The molecule has 0 unspecified atom stereocenters. The molecule has 0 aliphatic heterocycles. The smallest absolute Gasteiger partial charge is 0.233 e. The molecule has 0 spiro atoms. The van der Waals surface area contributed by atoms with Crippen molar-refractivity contribution in [3.05, 3.63) is 66.7 Å². The molecule has 4 aromatic rings. The largest absolute Gasteiger partial charge is 0.497 e. The Morgan fingerprint density at radius 3 is 2.78 bits per heavy atom. The van der Waals surface area contributed by atoms with Crippen LogP contribution in [0.3, 0.4) is 0 Å². The minimum Gasteiger partial charge on any atom is -0.497 e. The van der Waals surface area contributed by atoms with Crippen molar-refractivity contribution < 1.29 is 9.53 Å². The van der Waals surface area contributed by atoms with Gasteiger partial charge in [0.1, 0.15) is 5.75 Å². The lowest BCUT2D eigenvalue weighted by Gasteiger charge is -2.20. The summed E-state index contributed by atoms with van der Waals surface area (Å²) in [5, 5.41) is 0.724. The predicted molar refractivity (Wildman–Crippen MR) is 132 cm³/mol. The number of amides is 1. The van der Waals surface area contributed by atoms with Crippen molar-refractivity contribution in [3.8, 4) is 5.75 Å². The van der Waals surface area contributed by atoms with E-state index in [-0.39, 0.29) is 5.91 Å². The molecule has 0 saturated heterocycles. The summed E-state index contributed by atoms with van der Waals surface area (Å²) in [4.78, 5) is 25.2. The highest BCUT2D eigenvalue weighted by atomic mass is 32.2. The first kappa shape index (κ1) is 22.4. The molecule has 0 atom stereocenters. The van der Waals surface area contributed by atoms with Crippen LogP contribution < -0.4 is 9.64 Å². The third kappa shape index (κ3) is 5.49. The number of thioether (sulfide) groups is 1. The third-order valence-corrected chi connectivity index (χ3v) is 7.00. The van der Waals surface area contributed by atoms with E-state index < -0.39 is 0 Å². The molecule has 2 aromatic carbocycles. The van der Waals surface area contributed by atoms with Crippen LogP contribution in [-0.4, -0.2) is 39.8 Å². The summed E-state index contributed by atoms with van der Waals surface area (Å²) in [5.41, 5.74) is 1.89. The van der Waals surface area contributed by atoms with E-state index in [4.69, 9.17) is 9.72 Å². The Bertz CT molecular complexity index is 1160. The summed E-state index contributed by atoms with van der Waals surface area (Å²) in [6.07, 6.45) is 6.66. The number of thiazole rings is 1. The molecule has 0 aliphatic carbocycles. The number of benzene rings is 2. The molecule has 0 aliphatic rings. The molecule has 32 heavy (non-hydrogen) atoms. The molecule has 0 saturated carbocycles. The maximum Gasteiger partial charge on any atom is 0.233 e. The van der Waals surface area contributed by atoms with Crippen LogP contribution in [0.5, 0.6) is 5.75 Å². The lowest BCUT2D eigenvalue weighted by atomic mass is 10.1. The average molecular weight is 467 g/mol. The van der Waals surface area contributed by atoms with Crippen molar-refractivity contribution in [3.63, 3.8) is 0 Å². The van der Waals surface area contributed by atoms with Gasteiger partial charge in [-0.2, -0.15) is 0 Å². The third-order valence-electron chi connectivity index (χ3n) is 5.06. The second kappa shape index (κ2) is 10.7. The summed E-state index contributed by atoms with van der Waals surface area (Å²) in [7, 11) is 1.65. The number of methoxy groups -OCH3 is 1. The normalized spacial score (nSPS) is 11.1. The molecule has 0 N–H and O–H groups in total. The summed E-state index contributed by atoms with van der Waals surface area (Å²) < 4.78 is 8.37. The van der Waals surface area contributed by atoms with Crippen LogP contribution in [0.2, 0.25) is 0 Å². The van der Waals surface area contributed by atoms with E-state index in [1.54, 1.807) is 31.4 Å². The molecule has 2 aromatic heterocycles. The molecular formula is C24H26N4O2S2. The van der Waals surface area contributed by atoms with Crippen LogP contribution in [0.15, 0.2) is 66.1 Å². The lowest BCUT2D eigenvalue weighted by molar-refractivity contribution is -0.118. The van der Waals surface area contributed by atoms with E-state index in [1.165, 1.54) is 16.2 Å². The first-order valence-corrected chi connectivity index (χ1v) is 12.4. The number of fused-ring (bicyclic) bond motifs is 1. The van der Waals surface area contributed by atoms with E-state index in [9.17, 15) is 4.79 Å². The Labute approximate surface area is 196 Å². The maximum atomic E-state index is 13.4. The number of hydrogen-bond donors (Lipinski definition) is 0. The minimum absolute atomic E-state index is 0.0533. The van der Waals surface area contributed by atoms with E-state index in [1.807, 2.05) is 46.0 Å². The van der Waals surface area contributed by atoms with Gasteiger partial charge >= 0.3 is 0 Å². The van der Waals surface area contributed by atoms with Gasteiger partial charge in [0.05, 0.1) is 30.1 Å². The van der Waals surface area contributed by atoms with E-state index in [0.717, 1.165) is 45.4 Å². The van der Waals surface area contributed by atoms with Gasteiger partial charge in [-0.25, -0.2) is 9.97 Å². The Morgan fingerprint density at radius 2 is 2.06 bits per heavy atom. The minimum atomic E-state index is 0.0533. The van der Waals surface area contributed by atoms with Crippen LogP contribution >= 0.6 is 23.1 Å². The number of carbonyl (C=O) groups is 1. The number of imidazole rings is 1. The van der Waals surface area contributed by atoms with Crippen LogP contribution in [0.4, 0.5) is 5.13 Å². The van der Waals surface area contributed by atoms with Crippen molar-refractivity contribution in [1.82, 2.24) is 14.5 Å². The van der Waals surface area contributed by atoms with Crippen LogP contribution in [0.25, 0.3) is 10.2 Å². The molecule has 6 nitrogen and oxygen atoms in total. The molecule has 166 valence electrons. The zero-order valence-corrected chi connectivity index (χ0v) is 19.9. The number of hydrogen-bond acceptors (Lipinski definition) is 6. The first-order valence-electron chi connectivity index (χ1n) is 10.6. The number of rotatable bonds is 10. The maximum absolute atomic E-state index is 13.4. The van der Waals surface area contributed by atoms with Gasteiger partial charge in [-0.1, -0.05) is 30.4 Å². The topological polar surface area (TPSA) is 60.2 Å². The Balaban J connectivity index is 1.54. The van der Waals surface area contributed by atoms with Crippen LogP contribution in [0.1, 0.15) is 18.9 Å².